The van der Waals surface area contributed by atoms with Crippen molar-refractivity contribution in [3.8, 4) is 0 Å². The van der Waals surface area contributed by atoms with Gasteiger partial charge in [-0.2, -0.15) is 0 Å². The van der Waals surface area contributed by atoms with Crippen molar-refractivity contribution >= 4 is 15.9 Å². The summed E-state index contributed by atoms with van der Waals surface area (Å²) in [5, 5.41) is 4.50. The second-order valence-electron chi connectivity index (χ2n) is 1.42. The molecule has 1 aromatic heterocycles. The highest BCUT2D eigenvalue weighted by molar-refractivity contribution is 9.10. The lowest BCUT2D eigenvalue weighted by molar-refractivity contribution is 0.963. The molecule has 5 heteroatoms. The smallest absolute Gasteiger partial charge is 0.304 e. The van der Waals surface area contributed by atoms with Gasteiger partial charge in [-0.25, -0.2) is 0 Å². The van der Waals surface area contributed by atoms with Gasteiger partial charge in [0.1, 0.15) is 0 Å². The summed E-state index contributed by atoms with van der Waals surface area (Å²) in [6, 6.07) is 0. The molecular weight excluding hydrogens is 188 g/mol. The molecule has 0 atom stereocenters. The van der Waals surface area contributed by atoms with Gasteiger partial charge in [-0.15, -0.1) is 0 Å². The summed E-state index contributed by atoms with van der Waals surface area (Å²) < 4.78 is 0.242. The van der Waals surface area contributed by atoms with Gasteiger partial charge in [0, 0.05) is 6.20 Å². The van der Waals surface area contributed by atoms with Crippen LogP contribution in [0, 0.1) is 0 Å². The molecule has 0 fully saturated rings. The quantitative estimate of drug-likeness (QED) is 0.559. The summed E-state index contributed by atoms with van der Waals surface area (Å²) in [5.41, 5.74) is -1.21. The summed E-state index contributed by atoms with van der Waals surface area (Å²) in [5.74, 6) is 0. The van der Waals surface area contributed by atoms with E-state index in [2.05, 4.69) is 26.1 Å². The van der Waals surface area contributed by atoms with Gasteiger partial charge < -0.3 is 5.10 Å². The van der Waals surface area contributed by atoms with Crippen molar-refractivity contribution in [2.45, 2.75) is 0 Å². The van der Waals surface area contributed by atoms with E-state index in [0.717, 1.165) is 0 Å². The molecule has 4 nitrogen and oxygen atoms in total. The van der Waals surface area contributed by atoms with Gasteiger partial charge in [0.15, 0.2) is 0 Å². The van der Waals surface area contributed by atoms with Crippen molar-refractivity contribution < 1.29 is 0 Å². The fraction of sp³-hybridized carbons (Fsp3) is 0. The zero-order valence-corrected chi connectivity index (χ0v) is 5.86. The zero-order chi connectivity index (χ0) is 6.85. The summed E-state index contributed by atoms with van der Waals surface area (Å²) in [6.07, 6.45) is 1.36. The standard InChI is InChI=1S/C4H3BrN2O2/c5-2-1-6-7-4(9)3(2)8/h1H,(H,6,8)(H,7,9). The van der Waals surface area contributed by atoms with Crippen molar-refractivity contribution in [1.29, 1.82) is 0 Å². The van der Waals surface area contributed by atoms with E-state index in [0.29, 0.717) is 0 Å². The van der Waals surface area contributed by atoms with E-state index in [-0.39, 0.29) is 4.47 Å². The number of halogens is 1. The average Bonchev–Trinajstić information content (AvgIpc) is 1.83. The minimum atomic E-state index is -0.649. The van der Waals surface area contributed by atoms with Gasteiger partial charge in [-0.05, 0) is 15.9 Å². The second kappa shape index (κ2) is 2.18. The maximum absolute atomic E-state index is 10.6. The van der Waals surface area contributed by atoms with Crippen LogP contribution in [0.2, 0.25) is 0 Å². The van der Waals surface area contributed by atoms with E-state index in [1.54, 1.807) is 0 Å². The molecule has 0 aliphatic heterocycles. The first kappa shape index (κ1) is 6.28. The third-order valence-electron chi connectivity index (χ3n) is 0.808. The normalized spacial score (nSPS) is 9.44. The molecule has 0 unspecified atom stereocenters. The molecule has 0 amide bonds. The Hall–Kier alpha value is -0.840. The zero-order valence-electron chi connectivity index (χ0n) is 4.27. The maximum atomic E-state index is 10.6. The Bertz CT molecular complexity index is 313. The predicted molar refractivity (Wildman–Crippen MR) is 35.4 cm³/mol. The molecule has 0 bridgehead atoms. The highest BCUT2D eigenvalue weighted by atomic mass is 79.9. The lowest BCUT2D eigenvalue weighted by Gasteiger charge is -1.83. The van der Waals surface area contributed by atoms with Crippen LogP contribution in [0.25, 0.3) is 0 Å². The molecule has 0 aliphatic carbocycles. The second-order valence-corrected chi connectivity index (χ2v) is 2.27. The summed E-state index contributed by atoms with van der Waals surface area (Å²) in [7, 11) is 0. The number of aromatic nitrogens is 2. The summed E-state index contributed by atoms with van der Waals surface area (Å²) in [4.78, 5) is 21.0. The summed E-state index contributed by atoms with van der Waals surface area (Å²) >= 11 is 2.88. The number of nitrogens with one attached hydrogen (secondary N) is 2. The number of rotatable bonds is 0. The molecule has 0 spiro atoms. The molecule has 0 radical (unpaired) electrons. The SMILES string of the molecule is O=c1[nH][nH]cc(Br)c1=O. The molecule has 1 rings (SSSR count). The molecule has 0 aromatic carbocycles. The third-order valence-corrected chi connectivity index (χ3v) is 1.40. The Morgan fingerprint density at radius 2 is 2.11 bits per heavy atom. The van der Waals surface area contributed by atoms with Gasteiger partial charge in [0.25, 0.3) is 5.43 Å². The molecule has 0 saturated heterocycles. The molecule has 1 heterocycles. The largest absolute Gasteiger partial charge is 0.311 e. The lowest BCUT2D eigenvalue weighted by atomic mass is 10.6. The molecule has 9 heavy (non-hydrogen) atoms. The molecule has 0 aliphatic rings. The van der Waals surface area contributed by atoms with E-state index in [1.165, 1.54) is 6.20 Å². The van der Waals surface area contributed by atoms with E-state index in [1.807, 2.05) is 0 Å². The highest BCUT2D eigenvalue weighted by Gasteiger charge is 1.95. The maximum Gasteiger partial charge on any atom is 0.311 e. The van der Waals surface area contributed by atoms with E-state index in [9.17, 15) is 9.59 Å². The Morgan fingerprint density at radius 3 is 2.56 bits per heavy atom. The fourth-order valence-corrected chi connectivity index (χ4v) is 0.690. The van der Waals surface area contributed by atoms with Crippen LogP contribution in [0.4, 0.5) is 0 Å². The van der Waals surface area contributed by atoms with E-state index in [4.69, 9.17) is 0 Å². The lowest BCUT2D eigenvalue weighted by Crippen LogP contribution is -2.27. The number of hydrogen-bond donors (Lipinski definition) is 2. The van der Waals surface area contributed by atoms with E-state index < -0.39 is 11.0 Å². The van der Waals surface area contributed by atoms with Crippen LogP contribution in [0.1, 0.15) is 0 Å². The van der Waals surface area contributed by atoms with Crippen molar-refractivity contribution in [3.05, 3.63) is 31.2 Å². The minimum absolute atomic E-state index is 0.242. The molecule has 48 valence electrons. The number of H-pyrrole nitrogens is 2. The van der Waals surface area contributed by atoms with Gasteiger partial charge in [-0.1, -0.05) is 0 Å². The van der Waals surface area contributed by atoms with Crippen molar-refractivity contribution in [2.24, 2.45) is 0 Å². The van der Waals surface area contributed by atoms with Gasteiger partial charge in [0.2, 0.25) is 0 Å². The first-order valence-corrected chi connectivity index (χ1v) is 2.97. The first-order valence-electron chi connectivity index (χ1n) is 2.17. The molecule has 2 N–H and O–H groups in total. The average molecular weight is 191 g/mol. The van der Waals surface area contributed by atoms with Crippen LogP contribution < -0.4 is 11.0 Å². The molecular formula is C4H3BrN2O2. The van der Waals surface area contributed by atoms with E-state index >= 15 is 0 Å². The Labute approximate surface area is 58.0 Å². The number of hydrogen-bond acceptors (Lipinski definition) is 2. The highest BCUT2D eigenvalue weighted by Crippen LogP contribution is 1.93. The van der Waals surface area contributed by atoms with Gasteiger partial charge in [0.05, 0.1) is 4.47 Å². The van der Waals surface area contributed by atoms with Crippen LogP contribution in [-0.4, -0.2) is 10.2 Å². The van der Waals surface area contributed by atoms with Crippen LogP contribution >= 0.6 is 15.9 Å². The monoisotopic (exact) mass is 190 g/mol. The Morgan fingerprint density at radius 1 is 1.44 bits per heavy atom. The van der Waals surface area contributed by atoms with Gasteiger partial charge in [-0.3, -0.25) is 14.7 Å². The molecule has 0 saturated carbocycles. The van der Waals surface area contributed by atoms with Crippen molar-refractivity contribution in [3.63, 3.8) is 0 Å². The Kier molecular flexibility index (Phi) is 1.52. The van der Waals surface area contributed by atoms with Crippen LogP contribution in [0.3, 0.4) is 0 Å². The third kappa shape index (κ3) is 1.10. The molecule has 1 aromatic rings. The minimum Gasteiger partial charge on any atom is -0.304 e. The van der Waals surface area contributed by atoms with Crippen LogP contribution in [0.5, 0.6) is 0 Å². The van der Waals surface area contributed by atoms with Crippen molar-refractivity contribution in [1.82, 2.24) is 10.2 Å². The van der Waals surface area contributed by atoms with Gasteiger partial charge >= 0.3 is 5.56 Å². The first-order chi connectivity index (χ1) is 4.22. The topological polar surface area (TPSA) is 65.7 Å². The fourth-order valence-electron chi connectivity index (χ4n) is 0.396. The number of aromatic amines is 2. The van der Waals surface area contributed by atoms with Crippen LogP contribution in [-0.2, 0) is 0 Å². The van der Waals surface area contributed by atoms with Crippen LogP contribution in [0.15, 0.2) is 20.3 Å². The summed E-state index contributed by atoms with van der Waals surface area (Å²) in [6.45, 7) is 0. The van der Waals surface area contributed by atoms with Crippen molar-refractivity contribution in [2.75, 3.05) is 0 Å². The Balaban J connectivity index is 3.63. The predicted octanol–water partition coefficient (Wildman–Crippen LogP) is -0.174.